The van der Waals surface area contributed by atoms with Crippen molar-refractivity contribution in [2.24, 2.45) is 0 Å². The number of imide groups is 1. The van der Waals surface area contributed by atoms with Crippen LogP contribution in [-0.4, -0.2) is 87.3 Å². The van der Waals surface area contributed by atoms with Gasteiger partial charge in [-0.2, -0.15) is 0 Å². The molecule has 0 bridgehead atoms. The van der Waals surface area contributed by atoms with Gasteiger partial charge in [0, 0.05) is 29.4 Å². The van der Waals surface area contributed by atoms with Crippen molar-refractivity contribution in [1.82, 2.24) is 30.9 Å². The van der Waals surface area contributed by atoms with E-state index in [1.807, 2.05) is 33.1 Å². The number of anilines is 1. The number of carbonyl (C=O) groups is 3. The molecule has 234 valence electrons. The third-order valence-electron chi connectivity index (χ3n) is 5.75. The van der Waals surface area contributed by atoms with Crippen molar-refractivity contribution < 1.29 is 18.9 Å². The summed E-state index contributed by atoms with van der Waals surface area (Å²) in [6.07, 6.45) is 1.70. The summed E-state index contributed by atoms with van der Waals surface area (Å²) in [7, 11) is 7.90. The van der Waals surface area contributed by atoms with Crippen molar-refractivity contribution in [3.05, 3.63) is 68.9 Å². The number of nitrogens with zero attached hydrogens (tertiary/aromatic N) is 3. The van der Waals surface area contributed by atoms with E-state index in [1.54, 1.807) is 49.4 Å². The predicted molar refractivity (Wildman–Crippen MR) is 172 cm³/mol. The molecule has 43 heavy (non-hydrogen) atoms. The Labute approximate surface area is 267 Å². The minimum atomic E-state index is -0.639. The normalized spacial score (nSPS) is 10.7. The minimum absolute atomic E-state index is 0.114. The second-order valence-corrected chi connectivity index (χ2v) is 11.2. The third-order valence-corrected chi connectivity index (χ3v) is 6.64. The fourth-order valence-electron chi connectivity index (χ4n) is 3.65. The van der Waals surface area contributed by atoms with Gasteiger partial charge in [0.05, 0.1) is 10.0 Å². The molecule has 2 aromatic carbocycles. The summed E-state index contributed by atoms with van der Waals surface area (Å²) in [5, 5.41) is 15.6. The Bertz CT molecular complexity index is 1330. The van der Waals surface area contributed by atoms with Crippen molar-refractivity contribution >= 4 is 58.5 Å². The Morgan fingerprint density at radius 3 is 1.88 bits per heavy atom. The number of amides is 5. The quantitative estimate of drug-likeness (QED) is 0.193. The van der Waals surface area contributed by atoms with Gasteiger partial charge in [0.2, 0.25) is 0 Å². The lowest BCUT2D eigenvalue weighted by atomic mass is 10.1. The van der Waals surface area contributed by atoms with Crippen molar-refractivity contribution in [2.75, 3.05) is 59.7 Å². The molecule has 5 amide bonds. The lowest BCUT2D eigenvalue weighted by molar-refractivity contribution is 0.0963. The molecule has 14 heteroatoms. The number of carbonyl (C=O) groups excluding carboxylic acids is 3. The first kappa shape index (κ1) is 35.8. The highest BCUT2D eigenvalue weighted by molar-refractivity contribution is 6.39. The van der Waals surface area contributed by atoms with E-state index in [0.29, 0.717) is 33.7 Å². The zero-order valence-corrected chi connectivity index (χ0v) is 27.2. The van der Waals surface area contributed by atoms with E-state index >= 15 is 0 Å². The summed E-state index contributed by atoms with van der Waals surface area (Å²) in [5.74, 6) is -0.381. The molecule has 0 radical (unpaired) electrons. The first-order chi connectivity index (χ1) is 20.4. The van der Waals surface area contributed by atoms with E-state index in [4.69, 9.17) is 39.3 Å². The van der Waals surface area contributed by atoms with Gasteiger partial charge in [0.25, 0.3) is 5.91 Å². The average Bonchev–Trinajstić information content (AvgIpc) is 3.31. The van der Waals surface area contributed by atoms with E-state index < -0.39 is 11.9 Å². The number of hydrogen-bond acceptors (Lipinski definition) is 7. The number of halogens is 3. The van der Waals surface area contributed by atoms with E-state index in [1.165, 1.54) is 0 Å². The molecule has 1 heterocycles. The summed E-state index contributed by atoms with van der Waals surface area (Å²) >= 11 is 18.1. The first-order valence-corrected chi connectivity index (χ1v) is 14.6. The van der Waals surface area contributed by atoms with Crippen molar-refractivity contribution in [3.8, 4) is 11.3 Å². The van der Waals surface area contributed by atoms with Crippen LogP contribution in [0.15, 0.2) is 47.0 Å². The Kier molecular flexibility index (Phi) is 15.3. The summed E-state index contributed by atoms with van der Waals surface area (Å²) in [6.45, 7) is 4.47. The SMILES string of the molecule is CN(C)CCCNC(=O)Nc1ccc(Cl)cc1.Cc1onc(-c2c(Cl)cccc2Cl)c1C(=O)NC(=O)NCCCN(C)C. The monoisotopic (exact) mass is 653 g/mol. The Morgan fingerprint density at radius 2 is 1.35 bits per heavy atom. The topological polar surface area (TPSA) is 132 Å². The number of aryl methyl sites for hydroxylation is 1. The molecule has 0 fully saturated rings. The zero-order chi connectivity index (χ0) is 31.9. The Balaban J connectivity index is 0.000000329. The number of rotatable bonds is 11. The number of urea groups is 2. The summed E-state index contributed by atoms with van der Waals surface area (Å²) in [6, 6.07) is 11.2. The maximum absolute atomic E-state index is 12.5. The molecule has 0 aliphatic carbocycles. The van der Waals surface area contributed by atoms with E-state index in [-0.39, 0.29) is 23.0 Å². The van der Waals surface area contributed by atoms with Gasteiger partial charge in [-0.1, -0.05) is 46.0 Å². The maximum atomic E-state index is 12.5. The third kappa shape index (κ3) is 12.8. The molecule has 3 rings (SSSR count). The van der Waals surface area contributed by atoms with Gasteiger partial charge in [-0.05, 0) is 97.4 Å². The molecule has 4 N–H and O–H groups in total. The first-order valence-electron chi connectivity index (χ1n) is 13.5. The van der Waals surface area contributed by atoms with E-state index in [0.717, 1.165) is 31.6 Å². The number of hydrogen-bond donors (Lipinski definition) is 4. The van der Waals surface area contributed by atoms with Gasteiger partial charge in [0.1, 0.15) is 17.0 Å². The molecule has 0 saturated carbocycles. The van der Waals surface area contributed by atoms with Gasteiger partial charge in [-0.15, -0.1) is 0 Å². The summed E-state index contributed by atoms with van der Waals surface area (Å²) in [4.78, 5) is 40.0. The highest BCUT2D eigenvalue weighted by Gasteiger charge is 2.25. The Hall–Kier alpha value is -3.35. The highest BCUT2D eigenvalue weighted by Crippen LogP contribution is 2.36. The largest absolute Gasteiger partial charge is 0.360 e. The molecular weight excluding hydrogens is 617 g/mol. The highest BCUT2D eigenvalue weighted by atomic mass is 35.5. The lowest BCUT2D eigenvalue weighted by Crippen LogP contribution is -2.40. The molecule has 1 aromatic heterocycles. The van der Waals surface area contributed by atoms with Crippen LogP contribution < -0.4 is 21.3 Å². The molecule has 3 aromatic rings. The molecule has 0 spiro atoms. The Morgan fingerprint density at radius 1 is 0.814 bits per heavy atom. The number of benzene rings is 2. The summed E-state index contributed by atoms with van der Waals surface area (Å²) < 4.78 is 5.12. The maximum Gasteiger partial charge on any atom is 0.321 e. The van der Waals surface area contributed by atoms with Crippen molar-refractivity contribution in [3.63, 3.8) is 0 Å². The standard InChI is InChI=1S/C17H20Cl2N4O3.C12H18ClN3O/c1-10-13(16(24)21-17(25)20-8-5-9-23(2)3)15(22-26-10)14-11(18)6-4-7-12(14)19;1-16(2)9-3-8-14-12(17)15-11-6-4-10(13)5-7-11/h4,6-7H,5,8-9H2,1-3H3,(H2,20,21,24,25);4-7H,3,8-9H2,1-2H3,(H2,14,15,17). The van der Waals surface area contributed by atoms with E-state index in [9.17, 15) is 14.4 Å². The second kappa shape index (κ2) is 18.3. The van der Waals surface area contributed by atoms with Crippen LogP contribution >= 0.6 is 34.8 Å². The second-order valence-electron chi connectivity index (χ2n) is 9.97. The zero-order valence-electron chi connectivity index (χ0n) is 24.9. The number of nitrogens with one attached hydrogen (secondary N) is 4. The molecule has 11 nitrogen and oxygen atoms in total. The van der Waals surface area contributed by atoms with Crippen molar-refractivity contribution in [2.45, 2.75) is 19.8 Å². The van der Waals surface area contributed by atoms with Crippen LogP contribution in [0.1, 0.15) is 29.0 Å². The number of aromatic nitrogens is 1. The molecule has 0 unspecified atom stereocenters. The molecule has 0 aliphatic rings. The molecule has 0 saturated heterocycles. The molecule has 0 atom stereocenters. The fourth-order valence-corrected chi connectivity index (χ4v) is 4.35. The molecule has 0 aliphatic heterocycles. The van der Waals surface area contributed by atoms with Crippen LogP contribution in [0.4, 0.5) is 15.3 Å². The fraction of sp³-hybridized carbons (Fsp3) is 0.379. The van der Waals surface area contributed by atoms with Crippen molar-refractivity contribution in [1.29, 1.82) is 0 Å². The lowest BCUT2D eigenvalue weighted by Gasteiger charge is -2.10. The van der Waals surface area contributed by atoms with Gasteiger partial charge < -0.3 is 30.3 Å². The summed E-state index contributed by atoms with van der Waals surface area (Å²) in [5.41, 5.74) is 1.42. The van der Waals surface area contributed by atoms with Crippen LogP contribution in [0.25, 0.3) is 11.3 Å². The average molecular weight is 655 g/mol. The van der Waals surface area contributed by atoms with Crippen LogP contribution in [0.3, 0.4) is 0 Å². The van der Waals surface area contributed by atoms with Gasteiger partial charge in [-0.3, -0.25) is 10.1 Å². The smallest absolute Gasteiger partial charge is 0.321 e. The molecular formula is C29H38Cl3N7O4. The van der Waals surface area contributed by atoms with Gasteiger partial charge in [0.15, 0.2) is 0 Å². The van der Waals surface area contributed by atoms with Gasteiger partial charge >= 0.3 is 12.1 Å². The van der Waals surface area contributed by atoms with Gasteiger partial charge in [-0.25, -0.2) is 9.59 Å². The van der Waals surface area contributed by atoms with Crippen LogP contribution in [0, 0.1) is 6.92 Å². The van der Waals surface area contributed by atoms with E-state index in [2.05, 4.69) is 31.3 Å². The van der Waals surface area contributed by atoms with Crippen LogP contribution in [-0.2, 0) is 0 Å². The predicted octanol–water partition coefficient (Wildman–Crippen LogP) is 5.76. The van der Waals surface area contributed by atoms with Crippen LogP contribution in [0.2, 0.25) is 15.1 Å². The van der Waals surface area contributed by atoms with Crippen LogP contribution in [0.5, 0.6) is 0 Å². The minimum Gasteiger partial charge on any atom is -0.360 e.